The van der Waals surface area contributed by atoms with E-state index in [-0.39, 0.29) is 18.3 Å². The molecule has 2 aliphatic rings. The van der Waals surface area contributed by atoms with Crippen molar-refractivity contribution in [1.82, 2.24) is 10.2 Å². The molecule has 0 aromatic heterocycles. The average Bonchev–Trinajstić information content (AvgIpc) is 2.85. The van der Waals surface area contributed by atoms with Gasteiger partial charge in [-0.1, -0.05) is 23.2 Å². The van der Waals surface area contributed by atoms with E-state index in [1.54, 1.807) is 18.2 Å². The Kier molecular flexibility index (Phi) is 5.42. The highest BCUT2D eigenvalue weighted by Crippen LogP contribution is 2.39. The van der Waals surface area contributed by atoms with Crippen molar-refractivity contribution in [3.8, 4) is 0 Å². The lowest BCUT2D eigenvalue weighted by atomic mass is 9.78. The first-order valence-electron chi connectivity index (χ1n) is 7.05. The van der Waals surface area contributed by atoms with E-state index in [1.807, 2.05) is 4.90 Å². The van der Waals surface area contributed by atoms with Crippen molar-refractivity contribution in [2.75, 3.05) is 26.2 Å². The Hall–Kier alpha value is -0.480. The Labute approximate surface area is 141 Å². The van der Waals surface area contributed by atoms with Gasteiger partial charge in [-0.25, -0.2) is 0 Å². The maximum atomic E-state index is 12.6. The van der Waals surface area contributed by atoms with Crippen LogP contribution in [0.25, 0.3) is 0 Å². The fourth-order valence-electron chi connectivity index (χ4n) is 3.31. The van der Waals surface area contributed by atoms with Crippen LogP contribution in [0.3, 0.4) is 0 Å². The summed E-state index contributed by atoms with van der Waals surface area (Å²) >= 11 is 12.1. The Morgan fingerprint density at radius 2 is 1.90 bits per heavy atom. The highest BCUT2D eigenvalue weighted by Gasteiger charge is 2.40. The van der Waals surface area contributed by atoms with Crippen LogP contribution in [0.4, 0.5) is 0 Å². The number of benzene rings is 1. The first kappa shape index (κ1) is 16.9. The molecule has 1 amide bonds. The van der Waals surface area contributed by atoms with Crippen molar-refractivity contribution in [2.45, 2.75) is 19.3 Å². The van der Waals surface area contributed by atoms with Gasteiger partial charge in [0.15, 0.2) is 0 Å². The summed E-state index contributed by atoms with van der Waals surface area (Å²) in [5, 5.41) is 4.41. The van der Waals surface area contributed by atoms with Crippen LogP contribution in [-0.4, -0.2) is 37.0 Å². The fraction of sp³-hybridized carbons (Fsp3) is 0.533. The van der Waals surface area contributed by atoms with E-state index in [1.165, 1.54) is 0 Å². The fourth-order valence-corrected chi connectivity index (χ4v) is 3.68. The van der Waals surface area contributed by atoms with Gasteiger partial charge < -0.3 is 10.2 Å². The van der Waals surface area contributed by atoms with Gasteiger partial charge in [-0.15, -0.1) is 12.4 Å². The predicted molar refractivity (Wildman–Crippen MR) is 88.8 cm³/mol. The van der Waals surface area contributed by atoms with Crippen LogP contribution in [0.2, 0.25) is 10.0 Å². The minimum absolute atomic E-state index is 0. The number of carbonyl (C=O) groups is 1. The van der Waals surface area contributed by atoms with E-state index >= 15 is 0 Å². The van der Waals surface area contributed by atoms with Gasteiger partial charge in [0.25, 0.3) is 5.91 Å². The van der Waals surface area contributed by atoms with Gasteiger partial charge in [0.2, 0.25) is 0 Å². The lowest BCUT2D eigenvalue weighted by Gasteiger charge is -2.33. The zero-order chi connectivity index (χ0) is 14.2. The summed E-state index contributed by atoms with van der Waals surface area (Å²) in [7, 11) is 0. The molecule has 0 radical (unpaired) electrons. The van der Waals surface area contributed by atoms with Crippen LogP contribution in [0, 0.1) is 5.41 Å². The SMILES string of the molecule is Cl.O=C(c1cc(Cl)ccc1Cl)N1CCC2(CCNCC2)C1. The molecular formula is C15H19Cl3N2O. The molecular weight excluding hydrogens is 331 g/mol. The monoisotopic (exact) mass is 348 g/mol. The van der Waals surface area contributed by atoms with Crippen molar-refractivity contribution >= 4 is 41.5 Å². The third-order valence-corrected chi connectivity index (χ3v) is 5.11. The Morgan fingerprint density at radius 1 is 1.19 bits per heavy atom. The van der Waals surface area contributed by atoms with Crippen LogP contribution in [-0.2, 0) is 0 Å². The number of likely N-dealkylation sites (tertiary alicyclic amines) is 1. The Balaban J connectivity index is 0.00000161. The molecule has 1 aromatic carbocycles. The van der Waals surface area contributed by atoms with E-state index in [0.717, 1.165) is 45.4 Å². The molecule has 21 heavy (non-hydrogen) atoms. The average molecular weight is 350 g/mol. The molecule has 1 spiro atoms. The van der Waals surface area contributed by atoms with Gasteiger partial charge in [-0.2, -0.15) is 0 Å². The lowest BCUT2D eigenvalue weighted by molar-refractivity contribution is 0.0762. The second-order valence-corrected chi connectivity index (χ2v) is 6.69. The van der Waals surface area contributed by atoms with Gasteiger partial charge in [0.1, 0.15) is 0 Å². The number of amides is 1. The maximum Gasteiger partial charge on any atom is 0.255 e. The van der Waals surface area contributed by atoms with Crippen molar-refractivity contribution in [1.29, 1.82) is 0 Å². The van der Waals surface area contributed by atoms with Crippen molar-refractivity contribution < 1.29 is 4.79 Å². The van der Waals surface area contributed by atoms with Crippen LogP contribution < -0.4 is 5.32 Å². The third-order valence-electron chi connectivity index (χ3n) is 4.55. The molecule has 2 saturated heterocycles. The topological polar surface area (TPSA) is 32.3 Å². The molecule has 116 valence electrons. The molecule has 2 fully saturated rings. The molecule has 3 nitrogen and oxygen atoms in total. The molecule has 1 aromatic rings. The van der Waals surface area contributed by atoms with Gasteiger partial charge in [-0.05, 0) is 56.0 Å². The van der Waals surface area contributed by atoms with E-state index in [2.05, 4.69) is 5.32 Å². The third kappa shape index (κ3) is 3.48. The van der Waals surface area contributed by atoms with Gasteiger partial charge in [0.05, 0.1) is 10.6 Å². The van der Waals surface area contributed by atoms with Crippen LogP contribution >= 0.6 is 35.6 Å². The number of nitrogens with zero attached hydrogens (tertiary/aromatic N) is 1. The molecule has 3 rings (SSSR count). The van der Waals surface area contributed by atoms with Crippen molar-refractivity contribution in [2.24, 2.45) is 5.41 Å². The molecule has 1 N–H and O–H groups in total. The van der Waals surface area contributed by atoms with Gasteiger partial charge in [-0.3, -0.25) is 4.79 Å². The van der Waals surface area contributed by atoms with E-state index in [4.69, 9.17) is 23.2 Å². The second-order valence-electron chi connectivity index (χ2n) is 5.85. The zero-order valence-corrected chi connectivity index (χ0v) is 14.0. The number of nitrogens with one attached hydrogen (secondary N) is 1. The quantitative estimate of drug-likeness (QED) is 0.839. The molecule has 6 heteroatoms. The summed E-state index contributed by atoms with van der Waals surface area (Å²) in [4.78, 5) is 14.5. The predicted octanol–water partition coefficient (Wildman–Crippen LogP) is 3.63. The maximum absolute atomic E-state index is 12.6. The summed E-state index contributed by atoms with van der Waals surface area (Å²) in [5.41, 5.74) is 0.830. The number of carbonyl (C=O) groups excluding carboxylic acids is 1. The summed E-state index contributed by atoms with van der Waals surface area (Å²) in [6.45, 7) is 3.78. The number of hydrogen-bond acceptors (Lipinski definition) is 2. The number of hydrogen-bond donors (Lipinski definition) is 1. The largest absolute Gasteiger partial charge is 0.338 e. The Bertz CT molecular complexity index is 530. The summed E-state index contributed by atoms with van der Waals surface area (Å²) in [6.07, 6.45) is 3.40. The highest BCUT2D eigenvalue weighted by molar-refractivity contribution is 6.35. The van der Waals surface area contributed by atoms with E-state index < -0.39 is 0 Å². The van der Waals surface area contributed by atoms with Crippen molar-refractivity contribution in [3.63, 3.8) is 0 Å². The van der Waals surface area contributed by atoms with Crippen molar-refractivity contribution in [3.05, 3.63) is 33.8 Å². The van der Waals surface area contributed by atoms with Gasteiger partial charge >= 0.3 is 0 Å². The standard InChI is InChI=1S/C15H18Cl2N2O.ClH/c16-11-1-2-13(17)12(9-11)14(20)19-8-5-15(10-19)3-6-18-7-4-15;/h1-2,9,18H,3-8,10H2;1H. The first-order chi connectivity index (χ1) is 9.60. The van der Waals surface area contributed by atoms with E-state index in [9.17, 15) is 4.79 Å². The molecule has 0 aliphatic carbocycles. The van der Waals surface area contributed by atoms with E-state index in [0.29, 0.717) is 21.0 Å². The van der Waals surface area contributed by atoms with Crippen LogP contribution in [0.15, 0.2) is 18.2 Å². The molecule has 0 atom stereocenters. The molecule has 0 bridgehead atoms. The van der Waals surface area contributed by atoms with Crippen LogP contribution in [0.1, 0.15) is 29.6 Å². The normalized spacial score (nSPS) is 20.4. The Morgan fingerprint density at radius 3 is 2.62 bits per heavy atom. The molecule has 0 saturated carbocycles. The summed E-state index contributed by atoms with van der Waals surface area (Å²) in [6, 6.07) is 5.06. The second kappa shape index (κ2) is 6.74. The van der Waals surface area contributed by atoms with Gasteiger partial charge in [0, 0.05) is 18.1 Å². The highest BCUT2D eigenvalue weighted by atomic mass is 35.5. The molecule has 2 aliphatic heterocycles. The minimum Gasteiger partial charge on any atom is -0.338 e. The summed E-state index contributed by atoms with van der Waals surface area (Å²) in [5.74, 6) is 0.00732. The zero-order valence-electron chi connectivity index (χ0n) is 11.7. The molecule has 0 unspecified atom stereocenters. The first-order valence-corrected chi connectivity index (χ1v) is 7.80. The number of rotatable bonds is 1. The molecule has 2 heterocycles. The number of piperidine rings is 1. The minimum atomic E-state index is 0. The smallest absolute Gasteiger partial charge is 0.255 e. The van der Waals surface area contributed by atoms with Crippen LogP contribution in [0.5, 0.6) is 0 Å². The summed E-state index contributed by atoms with van der Waals surface area (Å²) < 4.78 is 0. The lowest BCUT2D eigenvalue weighted by Crippen LogP contribution is -2.39. The number of halogens is 3.